The fourth-order valence-electron chi connectivity index (χ4n) is 3.19. The van der Waals surface area contributed by atoms with E-state index in [1.54, 1.807) is 36.4 Å². The van der Waals surface area contributed by atoms with Gasteiger partial charge in [0.1, 0.15) is 0 Å². The van der Waals surface area contributed by atoms with E-state index in [9.17, 15) is 13.2 Å². The van der Waals surface area contributed by atoms with Crippen LogP contribution in [-0.2, 0) is 16.6 Å². The quantitative estimate of drug-likeness (QED) is 0.764. The summed E-state index contributed by atoms with van der Waals surface area (Å²) in [5, 5.41) is 3.44. The van der Waals surface area contributed by atoms with E-state index in [2.05, 4.69) is 10.0 Å². The van der Waals surface area contributed by atoms with Gasteiger partial charge in [0.2, 0.25) is 10.0 Å². The molecule has 2 N–H and O–H groups in total. The van der Waals surface area contributed by atoms with E-state index >= 15 is 0 Å². The maximum Gasteiger partial charge on any atom is 0.251 e. The molecular formula is C20H23ClN2O3S. The van der Waals surface area contributed by atoms with Crippen molar-refractivity contribution in [2.75, 3.05) is 0 Å². The largest absolute Gasteiger partial charge is 0.349 e. The van der Waals surface area contributed by atoms with E-state index in [-0.39, 0.29) is 23.4 Å². The number of halogens is 1. The third-order valence-electron chi connectivity index (χ3n) is 4.73. The molecule has 1 fully saturated rings. The minimum atomic E-state index is -3.64. The zero-order valence-corrected chi connectivity index (χ0v) is 16.5. The van der Waals surface area contributed by atoms with Gasteiger partial charge in [-0.25, -0.2) is 13.1 Å². The fraction of sp³-hybridized carbons (Fsp3) is 0.350. The number of hydrogen-bond donors (Lipinski definition) is 2. The summed E-state index contributed by atoms with van der Waals surface area (Å²) in [7, 11) is -3.64. The Labute approximate surface area is 165 Å². The van der Waals surface area contributed by atoms with Gasteiger partial charge in [-0.3, -0.25) is 4.79 Å². The lowest BCUT2D eigenvalue weighted by Crippen LogP contribution is -2.36. The monoisotopic (exact) mass is 406 g/mol. The molecule has 0 saturated heterocycles. The first-order valence-corrected chi connectivity index (χ1v) is 11.0. The van der Waals surface area contributed by atoms with Crippen molar-refractivity contribution < 1.29 is 13.2 Å². The number of benzene rings is 2. The molecule has 1 aliphatic carbocycles. The Morgan fingerprint density at radius 3 is 2.41 bits per heavy atom. The maximum absolute atomic E-state index is 12.3. The van der Waals surface area contributed by atoms with Crippen molar-refractivity contribution in [3.8, 4) is 0 Å². The first-order chi connectivity index (χ1) is 12.9. The van der Waals surface area contributed by atoms with Crippen LogP contribution in [0.3, 0.4) is 0 Å². The molecule has 0 heterocycles. The summed E-state index contributed by atoms with van der Waals surface area (Å²) in [6.45, 7) is 0.138. The number of hydrogen-bond acceptors (Lipinski definition) is 3. The molecule has 3 rings (SSSR count). The van der Waals surface area contributed by atoms with Gasteiger partial charge >= 0.3 is 0 Å². The zero-order chi connectivity index (χ0) is 19.3. The van der Waals surface area contributed by atoms with Gasteiger partial charge in [0.05, 0.1) is 4.90 Å². The van der Waals surface area contributed by atoms with E-state index in [0.29, 0.717) is 10.6 Å². The Hall–Kier alpha value is -1.89. The van der Waals surface area contributed by atoms with Crippen LogP contribution in [0.1, 0.15) is 48.0 Å². The van der Waals surface area contributed by atoms with Crippen LogP contribution >= 0.6 is 11.6 Å². The van der Waals surface area contributed by atoms with Crippen LogP contribution in [-0.4, -0.2) is 20.4 Å². The van der Waals surface area contributed by atoms with Crippen LogP contribution < -0.4 is 10.0 Å². The van der Waals surface area contributed by atoms with E-state index in [1.165, 1.54) is 18.6 Å². The van der Waals surface area contributed by atoms with Crippen molar-refractivity contribution in [1.82, 2.24) is 10.0 Å². The molecule has 0 bridgehead atoms. The second-order valence-corrected chi connectivity index (χ2v) is 8.99. The Bertz CT molecular complexity index is 892. The molecule has 0 spiro atoms. The first kappa shape index (κ1) is 19.9. The third kappa shape index (κ3) is 5.54. The average Bonchev–Trinajstić information content (AvgIpc) is 2.68. The molecule has 1 saturated carbocycles. The van der Waals surface area contributed by atoms with Crippen molar-refractivity contribution >= 4 is 27.5 Å². The summed E-state index contributed by atoms with van der Waals surface area (Å²) >= 11 is 5.85. The molecule has 27 heavy (non-hydrogen) atoms. The van der Waals surface area contributed by atoms with Crippen LogP contribution in [0.4, 0.5) is 0 Å². The molecule has 5 nitrogen and oxygen atoms in total. The fourth-order valence-corrected chi connectivity index (χ4v) is 4.50. The summed E-state index contributed by atoms with van der Waals surface area (Å²) in [4.78, 5) is 12.4. The molecule has 1 amide bonds. The molecule has 2 aromatic rings. The van der Waals surface area contributed by atoms with Crippen LogP contribution in [0.5, 0.6) is 0 Å². The second kappa shape index (κ2) is 8.87. The van der Waals surface area contributed by atoms with Gasteiger partial charge in [-0.2, -0.15) is 0 Å². The minimum absolute atomic E-state index is 0.0760. The molecule has 7 heteroatoms. The number of sulfonamides is 1. The van der Waals surface area contributed by atoms with Crippen LogP contribution in [0.25, 0.3) is 0 Å². The van der Waals surface area contributed by atoms with E-state index in [4.69, 9.17) is 11.6 Å². The lowest BCUT2D eigenvalue weighted by Gasteiger charge is -2.22. The number of carbonyl (C=O) groups excluding carboxylic acids is 1. The Kier molecular flexibility index (Phi) is 6.52. The highest BCUT2D eigenvalue weighted by Crippen LogP contribution is 2.18. The molecule has 144 valence electrons. The van der Waals surface area contributed by atoms with Crippen molar-refractivity contribution in [2.45, 2.75) is 49.6 Å². The van der Waals surface area contributed by atoms with E-state index in [1.807, 2.05) is 0 Å². The smallest absolute Gasteiger partial charge is 0.251 e. The number of carbonyl (C=O) groups is 1. The van der Waals surface area contributed by atoms with Gasteiger partial charge in [0, 0.05) is 23.2 Å². The topological polar surface area (TPSA) is 75.3 Å². The maximum atomic E-state index is 12.3. The van der Waals surface area contributed by atoms with Crippen LogP contribution in [0, 0.1) is 0 Å². The average molecular weight is 407 g/mol. The normalized spacial score (nSPS) is 15.4. The SMILES string of the molecule is O=C(NC1CCCCC1)c1ccc(CNS(=O)(=O)c2cccc(Cl)c2)cc1. The van der Waals surface area contributed by atoms with Gasteiger partial charge in [-0.15, -0.1) is 0 Å². The number of rotatable bonds is 6. The van der Waals surface area contributed by atoms with Crippen molar-refractivity contribution in [2.24, 2.45) is 0 Å². The summed E-state index contributed by atoms with van der Waals surface area (Å²) in [5.74, 6) is -0.0760. The lowest BCUT2D eigenvalue weighted by molar-refractivity contribution is 0.0927. The summed E-state index contributed by atoms with van der Waals surface area (Å²) < 4.78 is 27.2. The molecule has 0 aromatic heterocycles. The molecular weight excluding hydrogens is 384 g/mol. The Morgan fingerprint density at radius 1 is 1.04 bits per heavy atom. The Morgan fingerprint density at radius 2 is 1.74 bits per heavy atom. The van der Waals surface area contributed by atoms with Crippen LogP contribution in [0.15, 0.2) is 53.4 Å². The summed E-state index contributed by atoms with van der Waals surface area (Å²) in [6.07, 6.45) is 5.64. The number of amides is 1. The highest BCUT2D eigenvalue weighted by Gasteiger charge is 2.17. The van der Waals surface area contributed by atoms with Gasteiger partial charge in [-0.05, 0) is 48.7 Å². The van der Waals surface area contributed by atoms with Gasteiger partial charge < -0.3 is 5.32 Å². The predicted molar refractivity (Wildman–Crippen MR) is 106 cm³/mol. The van der Waals surface area contributed by atoms with Crippen molar-refractivity contribution in [3.05, 3.63) is 64.7 Å². The zero-order valence-electron chi connectivity index (χ0n) is 14.9. The van der Waals surface area contributed by atoms with E-state index < -0.39 is 10.0 Å². The third-order valence-corrected chi connectivity index (χ3v) is 6.36. The highest BCUT2D eigenvalue weighted by molar-refractivity contribution is 7.89. The molecule has 0 atom stereocenters. The summed E-state index contributed by atoms with van der Waals surface area (Å²) in [5.41, 5.74) is 1.36. The molecule has 2 aromatic carbocycles. The molecule has 0 unspecified atom stereocenters. The van der Waals surface area contributed by atoms with Crippen LogP contribution in [0.2, 0.25) is 5.02 Å². The lowest BCUT2D eigenvalue weighted by atomic mass is 9.95. The van der Waals surface area contributed by atoms with E-state index in [0.717, 1.165) is 31.2 Å². The highest BCUT2D eigenvalue weighted by atomic mass is 35.5. The summed E-state index contributed by atoms with van der Waals surface area (Å²) in [6, 6.07) is 13.3. The van der Waals surface area contributed by atoms with Gasteiger partial charge in [0.15, 0.2) is 0 Å². The van der Waals surface area contributed by atoms with Crippen molar-refractivity contribution in [3.63, 3.8) is 0 Å². The Balaban J connectivity index is 1.58. The standard InChI is InChI=1S/C20H23ClN2O3S/c21-17-5-4-8-19(13-17)27(25,26)22-14-15-9-11-16(12-10-15)20(24)23-18-6-2-1-3-7-18/h4-5,8-13,18,22H,1-3,6-7,14H2,(H,23,24). The number of nitrogens with one attached hydrogen (secondary N) is 2. The predicted octanol–water partition coefficient (Wildman–Crippen LogP) is 3.88. The second-order valence-electron chi connectivity index (χ2n) is 6.79. The first-order valence-electron chi connectivity index (χ1n) is 9.09. The minimum Gasteiger partial charge on any atom is -0.349 e. The van der Waals surface area contributed by atoms with Gasteiger partial charge in [0.25, 0.3) is 5.91 Å². The van der Waals surface area contributed by atoms with Gasteiger partial charge in [-0.1, -0.05) is 49.1 Å². The molecule has 1 aliphatic rings. The van der Waals surface area contributed by atoms with Crippen molar-refractivity contribution in [1.29, 1.82) is 0 Å². The molecule has 0 radical (unpaired) electrons. The molecule has 0 aliphatic heterocycles.